The third-order valence-electron chi connectivity index (χ3n) is 3.92. The average molecular weight is 354 g/mol. The van der Waals surface area contributed by atoms with Gasteiger partial charge in [-0.05, 0) is 40.7 Å². The van der Waals surface area contributed by atoms with Crippen LogP contribution in [0, 0.1) is 9.37 Å². The maximum absolute atomic E-state index is 5.57. The number of aromatic nitrogens is 1. The van der Waals surface area contributed by atoms with Crippen LogP contribution < -0.4 is 0 Å². The molecule has 0 unspecified atom stereocenters. The van der Waals surface area contributed by atoms with Crippen LogP contribution in [0.2, 0.25) is 0 Å². The van der Waals surface area contributed by atoms with Crippen molar-refractivity contribution < 1.29 is 0 Å². The van der Waals surface area contributed by atoms with Gasteiger partial charge in [-0.2, -0.15) is 0 Å². The van der Waals surface area contributed by atoms with Gasteiger partial charge in [0, 0.05) is 11.9 Å². The number of thiazole rings is 1. The summed E-state index contributed by atoms with van der Waals surface area (Å²) in [6, 6.07) is 19.4. The summed E-state index contributed by atoms with van der Waals surface area (Å²) in [7, 11) is 0. The molecule has 0 aliphatic rings. The van der Waals surface area contributed by atoms with Gasteiger partial charge in [0.1, 0.15) is 0 Å². The summed E-state index contributed by atoms with van der Waals surface area (Å²) in [5.41, 5.74) is 5.42. The molecule has 124 valence electrons. The van der Waals surface area contributed by atoms with E-state index in [-0.39, 0.29) is 0 Å². The molecule has 3 aromatic rings. The highest BCUT2D eigenvalue weighted by molar-refractivity contribution is 7.73. The Morgan fingerprint density at radius 3 is 2.38 bits per heavy atom. The van der Waals surface area contributed by atoms with Crippen molar-refractivity contribution >= 4 is 23.6 Å². The lowest BCUT2D eigenvalue weighted by Crippen LogP contribution is -2.09. The molecule has 0 aliphatic carbocycles. The number of nitrogens with zero attached hydrogens (tertiary/aromatic N) is 1. The Morgan fingerprint density at radius 1 is 0.958 bits per heavy atom. The lowest BCUT2D eigenvalue weighted by Gasteiger charge is -2.18. The van der Waals surface area contributed by atoms with Crippen molar-refractivity contribution in [1.82, 2.24) is 4.57 Å². The molecule has 0 saturated carbocycles. The van der Waals surface area contributed by atoms with Crippen molar-refractivity contribution in [3.05, 3.63) is 75.1 Å². The molecule has 0 radical (unpaired) electrons. The van der Waals surface area contributed by atoms with Crippen LogP contribution in [0.4, 0.5) is 0 Å². The number of hydrogen-bond donors (Lipinski definition) is 0. The van der Waals surface area contributed by atoms with Gasteiger partial charge in [-0.3, -0.25) is 0 Å². The monoisotopic (exact) mass is 353 g/mol. The number of rotatable bonds is 4. The normalized spacial score (nSPS) is 11.6. The molecule has 1 aromatic heterocycles. The van der Waals surface area contributed by atoms with Gasteiger partial charge < -0.3 is 4.57 Å². The Kier molecular flexibility index (Phi) is 5.02. The van der Waals surface area contributed by atoms with Crippen molar-refractivity contribution in [2.45, 2.75) is 33.7 Å². The molecule has 0 atom stereocenters. The highest BCUT2D eigenvalue weighted by Crippen LogP contribution is 2.26. The predicted octanol–water partition coefficient (Wildman–Crippen LogP) is 6.58. The minimum Gasteiger partial charge on any atom is -0.318 e. The van der Waals surface area contributed by atoms with E-state index in [4.69, 9.17) is 12.2 Å². The fourth-order valence-corrected chi connectivity index (χ4v) is 4.02. The first-order valence-electron chi connectivity index (χ1n) is 8.24. The highest BCUT2D eigenvalue weighted by Gasteiger charge is 2.12. The maximum Gasteiger partial charge on any atom is 0.161 e. The van der Waals surface area contributed by atoms with Crippen molar-refractivity contribution in [2.24, 2.45) is 5.41 Å². The Morgan fingerprint density at radius 2 is 1.67 bits per heavy atom. The van der Waals surface area contributed by atoms with E-state index >= 15 is 0 Å². The van der Waals surface area contributed by atoms with Gasteiger partial charge in [0.25, 0.3) is 0 Å². The number of hydrogen-bond acceptors (Lipinski definition) is 2. The van der Waals surface area contributed by atoms with Gasteiger partial charge in [-0.1, -0.05) is 75.4 Å². The Hall–Kier alpha value is -1.71. The zero-order chi connectivity index (χ0) is 17.2. The van der Waals surface area contributed by atoms with E-state index in [9.17, 15) is 0 Å². The molecule has 3 rings (SSSR count). The molecule has 0 saturated heterocycles. The summed E-state index contributed by atoms with van der Waals surface area (Å²) >= 11 is 7.21. The molecule has 3 heteroatoms. The van der Waals surface area contributed by atoms with Gasteiger partial charge in [0.2, 0.25) is 0 Å². The fourth-order valence-electron chi connectivity index (χ4n) is 2.95. The standard InChI is InChI=1S/C21H23NS2/c1-21(2,3)13-16-8-7-9-17(12-16)14-22-19(15-24-20(22)23)18-10-5-4-6-11-18/h4-12,15H,13-14H2,1-3H3. The molecule has 0 amide bonds. The third kappa shape index (κ3) is 4.22. The van der Waals surface area contributed by atoms with Crippen LogP contribution in [-0.4, -0.2) is 4.57 Å². The van der Waals surface area contributed by atoms with Crippen LogP contribution >= 0.6 is 23.6 Å². The van der Waals surface area contributed by atoms with Crippen LogP contribution in [0.25, 0.3) is 11.3 Å². The first-order chi connectivity index (χ1) is 11.4. The van der Waals surface area contributed by atoms with Crippen LogP contribution in [0.1, 0.15) is 31.9 Å². The summed E-state index contributed by atoms with van der Waals surface area (Å²) < 4.78 is 3.17. The summed E-state index contributed by atoms with van der Waals surface area (Å²) in [4.78, 5) is 0. The fraction of sp³-hybridized carbons (Fsp3) is 0.286. The Balaban J connectivity index is 1.91. The molecule has 24 heavy (non-hydrogen) atoms. The summed E-state index contributed by atoms with van der Waals surface area (Å²) in [6.07, 6.45) is 1.08. The van der Waals surface area contributed by atoms with E-state index in [2.05, 4.69) is 79.2 Å². The van der Waals surface area contributed by atoms with Crippen molar-refractivity contribution in [3.8, 4) is 11.3 Å². The Bertz CT molecular complexity index is 867. The molecular formula is C21H23NS2. The van der Waals surface area contributed by atoms with E-state index in [1.165, 1.54) is 22.4 Å². The SMILES string of the molecule is CC(C)(C)Cc1cccc(Cn2c(-c3ccccc3)csc2=S)c1. The average Bonchev–Trinajstić information content (AvgIpc) is 2.88. The Labute approximate surface area is 153 Å². The quantitative estimate of drug-likeness (QED) is 0.479. The zero-order valence-corrected chi connectivity index (χ0v) is 16.1. The van der Waals surface area contributed by atoms with Crippen molar-refractivity contribution in [2.75, 3.05) is 0 Å². The molecule has 0 spiro atoms. The van der Waals surface area contributed by atoms with Gasteiger partial charge in [-0.25, -0.2) is 0 Å². The molecule has 0 fully saturated rings. The third-order valence-corrected chi connectivity index (χ3v) is 5.19. The lowest BCUT2D eigenvalue weighted by molar-refractivity contribution is 0.411. The van der Waals surface area contributed by atoms with Crippen LogP contribution in [0.15, 0.2) is 60.0 Å². The first kappa shape index (κ1) is 17.1. The predicted molar refractivity (Wildman–Crippen MR) is 107 cm³/mol. The van der Waals surface area contributed by atoms with E-state index in [0.717, 1.165) is 16.9 Å². The van der Waals surface area contributed by atoms with Gasteiger partial charge in [0.15, 0.2) is 3.95 Å². The molecule has 0 aliphatic heterocycles. The minimum atomic E-state index is 0.298. The second-order valence-corrected chi connectivity index (χ2v) is 8.90. The van der Waals surface area contributed by atoms with Gasteiger partial charge >= 0.3 is 0 Å². The highest BCUT2D eigenvalue weighted by atomic mass is 32.1. The van der Waals surface area contributed by atoms with Gasteiger partial charge in [0.05, 0.1) is 5.69 Å². The second-order valence-electron chi connectivity index (χ2n) is 7.40. The smallest absolute Gasteiger partial charge is 0.161 e. The van der Waals surface area contributed by atoms with Crippen molar-refractivity contribution in [1.29, 1.82) is 0 Å². The molecule has 1 nitrogen and oxygen atoms in total. The largest absolute Gasteiger partial charge is 0.318 e. The first-order valence-corrected chi connectivity index (χ1v) is 9.53. The maximum atomic E-state index is 5.57. The molecule has 2 aromatic carbocycles. The van der Waals surface area contributed by atoms with E-state index in [1.807, 2.05) is 6.07 Å². The van der Waals surface area contributed by atoms with Gasteiger partial charge in [-0.15, -0.1) is 11.3 Å². The lowest BCUT2D eigenvalue weighted by atomic mass is 9.88. The zero-order valence-electron chi connectivity index (χ0n) is 14.5. The molecule has 0 N–H and O–H groups in total. The molecule has 0 bridgehead atoms. The van der Waals surface area contributed by atoms with Crippen molar-refractivity contribution in [3.63, 3.8) is 0 Å². The molecule has 1 heterocycles. The number of benzene rings is 2. The van der Waals surface area contributed by atoms with E-state index < -0.39 is 0 Å². The summed E-state index contributed by atoms with van der Waals surface area (Å²) in [5.74, 6) is 0. The minimum absolute atomic E-state index is 0.298. The topological polar surface area (TPSA) is 4.93 Å². The van der Waals surface area contributed by atoms with Crippen LogP contribution in [0.5, 0.6) is 0 Å². The molecular weight excluding hydrogens is 330 g/mol. The second kappa shape index (κ2) is 7.04. The summed E-state index contributed by atoms with van der Waals surface area (Å²) in [5, 5.41) is 2.16. The van der Waals surface area contributed by atoms with Crippen LogP contribution in [-0.2, 0) is 13.0 Å². The van der Waals surface area contributed by atoms with E-state index in [0.29, 0.717) is 5.41 Å². The summed E-state index contributed by atoms with van der Waals surface area (Å²) in [6.45, 7) is 7.66. The van der Waals surface area contributed by atoms with Crippen LogP contribution in [0.3, 0.4) is 0 Å². The van der Waals surface area contributed by atoms with E-state index in [1.54, 1.807) is 11.3 Å².